The van der Waals surface area contributed by atoms with Crippen LogP contribution in [-0.4, -0.2) is 36.3 Å². The number of nitrogens with one attached hydrogen (secondary N) is 1. The number of benzene rings is 2. The van der Waals surface area contributed by atoms with Crippen molar-refractivity contribution in [2.75, 3.05) is 18.4 Å². The highest BCUT2D eigenvalue weighted by Crippen LogP contribution is 2.24. The molecule has 4 rings (SSSR count). The van der Waals surface area contributed by atoms with E-state index in [0.717, 1.165) is 32.1 Å². The van der Waals surface area contributed by atoms with E-state index < -0.39 is 15.8 Å². The van der Waals surface area contributed by atoms with Gasteiger partial charge in [0.15, 0.2) is 5.58 Å². The first-order valence-electron chi connectivity index (χ1n) is 11.4. The number of fused-ring (bicyclic) bond motifs is 1. The molecule has 1 aliphatic rings. The molecule has 1 aliphatic heterocycles. The minimum absolute atomic E-state index is 0.0833. The van der Waals surface area contributed by atoms with Gasteiger partial charge in [-0.1, -0.05) is 25.5 Å². The molecule has 0 spiro atoms. The van der Waals surface area contributed by atoms with Crippen molar-refractivity contribution >= 4 is 32.7 Å². The Hall–Kier alpha value is -2.91. The molecular weight excluding hydrogens is 442 g/mol. The standard InChI is InChI=1S/C24H29N3O5S/c1-2-3-6-18-7-9-19(10-8-18)25-23(28)13-16-27-21-12-11-20(17-22(21)32-24(27)29)33(30,31)26-14-4-5-15-26/h7-12,17H,2-6,13-16H2,1H3,(H,25,28). The van der Waals surface area contributed by atoms with Crippen molar-refractivity contribution < 1.29 is 17.6 Å². The lowest BCUT2D eigenvalue weighted by atomic mass is 10.1. The number of amides is 1. The van der Waals surface area contributed by atoms with Crippen LogP contribution in [0, 0.1) is 0 Å². The summed E-state index contributed by atoms with van der Waals surface area (Å²) in [7, 11) is -3.60. The fraction of sp³-hybridized carbons (Fsp3) is 0.417. The van der Waals surface area contributed by atoms with Crippen LogP contribution in [0.4, 0.5) is 5.69 Å². The Labute approximate surface area is 193 Å². The van der Waals surface area contributed by atoms with E-state index in [4.69, 9.17) is 4.42 Å². The maximum absolute atomic E-state index is 12.8. The van der Waals surface area contributed by atoms with E-state index in [1.165, 1.54) is 26.6 Å². The molecule has 3 aromatic rings. The third-order valence-electron chi connectivity index (χ3n) is 5.96. The van der Waals surface area contributed by atoms with E-state index in [1.807, 2.05) is 24.3 Å². The number of aromatic nitrogens is 1. The van der Waals surface area contributed by atoms with Crippen LogP contribution in [0.5, 0.6) is 0 Å². The number of hydrogen-bond donors (Lipinski definition) is 1. The zero-order valence-corrected chi connectivity index (χ0v) is 19.6. The van der Waals surface area contributed by atoms with Crippen molar-refractivity contribution in [1.29, 1.82) is 0 Å². The molecule has 0 bridgehead atoms. The molecule has 0 saturated carbocycles. The number of oxazole rings is 1. The molecule has 33 heavy (non-hydrogen) atoms. The van der Waals surface area contributed by atoms with Crippen LogP contribution in [-0.2, 0) is 27.8 Å². The molecule has 1 saturated heterocycles. The topological polar surface area (TPSA) is 102 Å². The minimum Gasteiger partial charge on any atom is -0.408 e. The first-order chi connectivity index (χ1) is 15.9. The van der Waals surface area contributed by atoms with Crippen LogP contribution in [0.2, 0.25) is 0 Å². The summed E-state index contributed by atoms with van der Waals surface area (Å²) >= 11 is 0. The monoisotopic (exact) mass is 471 g/mol. The predicted molar refractivity (Wildman–Crippen MR) is 127 cm³/mol. The van der Waals surface area contributed by atoms with Crippen LogP contribution in [0.25, 0.3) is 11.1 Å². The van der Waals surface area contributed by atoms with Gasteiger partial charge in [-0.2, -0.15) is 4.31 Å². The van der Waals surface area contributed by atoms with E-state index in [9.17, 15) is 18.0 Å². The first kappa shape index (κ1) is 23.3. The fourth-order valence-corrected chi connectivity index (χ4v) is 5.60. The second-order valence-electron chi connectivity index (χ2n) is 8.36. The molecule has 1 aromatic heterocycles. The van der Waals surface area contributed by atoms with Gasteiger partial charge in [-0.3, -0.25) is 9.36 Å². The van der Waals surface area contributed by atoms with E-state index >= 15 is 0 Å². The van der Waals surface area contributed by atoms with Gasteiger partial charge in [0.2, 0.25) is 15.9 Å². The largest absolute Gasteiger partial charge is 0.419 e. The zero-order chi connectivity index (χ0) is 23.4. The molecule has 0 atom stereocenters. The summed E-state index contributed by atoms with van der Waals surface area (Å²) in [5.41, 5.74) is 2.61. The van der Waals surface area contributed by atoms with E-state index in [-0.39, 0.29) is 29.4 Å². The number of carbonyl (C=O) groups excluding carboxylic acids is 1. The van der Waals surface area contributed by atoms with Gasteiger partial charge >= 0.3 is 5.76 Å². The molecule has 176 valence electrons. The minimum atomic E-state index is -3.60. The van der Waals surface area contributed by atoms with Crippen LogP contribution in [0.15, 0.2) is 56.6 Å². The van der Waals surface area contributed by atoms with Crippen LogP contribution >= 0.6 is 0 Å². The number of unbranched alkanes of at least 4 members (excludes halogenated alkanes) is 1. The smallest absolute Gasteiger partial charge is 0.408 e. The van der Waals surface area contributed by atoms with Crippen LogP contribution < -0.4 is 11.1 Å². The van der Waals surface area contributed by atoms with Crippen LogP contribution in [0.1, 0.15) is 44.6 Å². The van der Waals surface area contributed by atoms with Gasteiger partial charge < -0.3 is 9.73 Å². The quantitative estimate of drug-likeness (QED) is 0.512. The Morgan fingerprint density at radius 1 is 1.09 bits per heavy atom. The molecule has 0 aliphatic carbocycles. The number of sulfonamides is 1. The van der Waals surface area contributed by atoms with Crippen molar-refractivity contribution in [2.45, 2.75) is 56.9 Å². The third-order valence-corrected chi connectivity index (χ3v) is 7.86. The third kappa shape index (κ3) is 5.20. The maximum atomic E-state index is 12.8. The summed E-state index contributed by atoms with van der Waals surface area (Å²) in [5.74, 6) is -0.834. The Morgan fingerprint density at radius 3 is 2.52 bits per heavy atom. The molecule has 9 heteroatoms. The van der Waals surface area contributed by atoms with Crippen molar-refractivity contribution in [3.8, 4) is 0 Å². The van der Waals surface area contributed by atoms with Gasteiger partial charge in [-0.05, 0) is 55.5 Å². The molecule has 2 heterocycles. The van der Waals surface area contributed by atoms with Gasteiger partial charge in [0, 0.05) is 37.8 Å². The number of anilines is 1. The molecular formula is C24H29N3O5S. The normalized spacial score (nSPS) is 14.7. The second-order valence-corrected chi connectivity index (χ2v) is 10.3. The van der Waals surface area contributed by atoms with Crippen molar-refractivity contribution in [1.82, 2.24) is 8.87 Å². The first-order valence-corrected chi connectivity index (χ1v) is 12.8. The molecule has 0 radical (unpaired) electrons. The highest BCUT2D eigenvalue weighted by Gasteiger charge is 2.28. The second kappa shape index (κ2) is 9.93. The summed E-state index contributed by atoms with van der Waals surface area (Å²) in [6.07, 6.45) is 5.05. The molecule has 1 amide bonds. The van der Waals surface area contributed by atoms with Crippen LogP contribution in [0.3, 0.4) is 0 Å². The fourth-order valence-electron chi connectivity index (χ4n) is 4.07. The number of carbonyl (C=O) groups is 1. The molecule has 1 fully saturated rings. The summed E-state index contributed by atoms with van der Waals surface area (Å²) < 4.78 is 33.6. The molecule has 0 unspecified atom stereocenters. The average molecular weight is 472 g/mol. The highest BCUT2D eigenvalue weighted by molar-refractivity contribution is 7.89. The summed E-state index contributed by atoms with van der Waals surface area (Å²) in [6, 6.07) is 12.2. The van der Waals surface area contributed by atoms with Gasteiger partial charge in [-0.25, -0.2) is 13.2 Å². The number of hydrogen-bond acceptors (Lipinski definition) is 5. The average Bonchev–Trinajstić information content (AvgIpc) is 3.45. The van der Waals surface area contributed by atoms with Gasteiger partial charge in [0.1, 0.15) is 0 Å². The Kier molecular flexibility index (Phi) is 6.99. The predicted octanol–water partition coefficient (Wildman–Crippen LogP) is 3.75. The van der Waals surface area contributed by atoms with E-state index in [1.54, 1.807) is 6.07 Å². The summed E-state index contributed by atoms with van der Waals surface area (Å²) in [4.78, 5) is 24.9. The maximum Gasteiger partial charge on any atom is 0.419 e. The zero-order valence-electron chi connectivity index (χ0n) is 18.7. The van der Waals surface area contributed by atoms with Crippen molar-refractivity contribution in [3.63, 3.8) is 0 Å². The summed E-state index contributed by atoms with van der Waals surface area (Å²) in [6.45, 7) is 3.28. The number of rotatable bonds is 9. The lowest BCUT2D eigenvalue weighted by Crippen LogP contribution is -2.27. The molecule has 1 N–H and O–H groups in total. The van der Waals surface area contributed by atoms with E-state index in [2.05, 4.69) is 12.2 Å². The Morgan fingerprint density at radius 2 is 1.82 bits per heavy atom. The van der Waals surface area contributed by atoms with Gasteiger partial charge in [-0.15, -0.1) is 0 Å². The lowest BCUT2D eigenvalue weighted by Gasteiger charge is -2.15. The van der Waals surface area contributed by atoms with Gasteiger partial charge in [0.25, 0.3) is 0 Å². The Bertz CT molecular complexity index is 1290. The molecule has 2 aromatic carbocycles. The van der Waals surface area contributed by atoms with Crippen molar-refractivity contribution in [2.24, 2.45) is 0 Å². The SMILES string of the molecule is CCCCc1ccc(NC(=O)CCn2c(=O)oc3cc(S(=O)(=O)N4CCCC4)ccc32)cc1. The van der Waals surface area contributed by atoms with E-state index in [0.29, 0.717) is 24.3 Å². The van der Waals surface area contributed by atoms with Gasteiger partial charge in [0.05, 0.1) is 10.4 Å². The summed E-state index contributed by atoms with van der Waals surface area (Å²) in [5, 5.41) is 2.85. The van der Waals surface area contributed by atoms with Crippen molar-refractivity contribution in [3.05, 3.63) is 58.6 Å². The lowest BCUT2D eigenvalue weighted by molar-refractivity contribution is -0.116. The Balaban J connectivity index is 1.43. The molecule has 8 nitrogen and oxygen atoms in total. The highest BCUT2D eigenvalue weighted by atomic mass is 32.2. The number of nitrogens with zero attached hydrogens (tertiary/aromatic N) is 2. The number of aryl methyl sites for hydroxylation is 2.